The first-order chi connectivity index (χ1) is 11.3. The third-order valence-electron chi connectivity index (χ3n) is 3.77. The molecule has 0 fully saturated rings. The van der Waals surface area contributed by atoms with Gasteiger partial charge in [-0.05, 0) is 48.8 Å². The van der Waals surface area contributed by atoms with Crippen LogP contribution in [0.15, 0.2) is 48.5 Å². The molecule has 130 valence electrons. The van der Waals surface area contributed by atoms with Gasteiger partial charge in [0.2, 0.25) is 0 Å². The Balaban J connectivity index is 2.32. The summed E-state index contributed by atoms with van der Waals surface area (Å²) < 4.78 is 50.2. The lowest BCUT2D eigenvalue weighted by molar-refractivity contribution is -0.137. The highest BCUT2D eigenvalue weighted by Crippen LogP contribution is 2.32. The van der Waals surface area contributed by atoms with E-state index < -0.39 is 20.3 Å². The highest BCUT2D eigenvalue weighted by Gasteiger charge is 2.33. The van der Waals surface area contributed by atoms with Crippen molar-refractivity contribution in [1.82, 2.24) is 0 Å². The minimum absolute atomic E-state index is 0.535. The summed E-state index contributed by atoms with van der Waals surface area (Å²) in [5.74, 6) is 0. The molecule has 0 unspecified atom stereocenters. The molecule has 0 saturated carbocycles. The summed E-state index contributed by atoms with van der Waals surface area (Å²) in [5, 5.41) is 0.960. The third-order valence-corrected chi connectivity index (χ3v) is 6.83. The van der Waals surface area contributed by atoms with Crippen LogP contribution in [-0.2, 0) is 15.0 Å². The van der Waals surface area contributed by atoms with Crippen molar-refractivity contribution < 1.29 is 22.0 Å². The maximum Gasteiger partial charge on any atom is 0.416 e. The molecule has 0 amide bonds. The van der Waals surface area contributed by atoms with Crippen LogP contribution >= 0.6 is 0 Å². The van der Waals surface area contributed by atoms with E-state index in [-0.39, 0.29) is 0 Å². The van der Waals surface area contributed by atoms with Gasteiger partial charge in [0, 0.05) is 13.2 Å². The molecule has 0 aromatic heterocycles. The van der Waals surface area contributed by atoms with Crippen LogP contribution in [0.5, 0.6) is 0 Å². The Labute approximate surface area is 141 Å². The molecule has 0 radical (unpaired) electrons. The van der Waals surface area contributed by atoms with Gasteiger partial charge in [-0.1, -0.05) is 36.4 Å². The SMILES string of the molecule is CCO[Si](C)(OCC)c1ccc(-c2cccc(C(F)(F)F)c2)cc1. The van der Waals surface area contributed by atoms with Gasteiger partial charge in [-0.2, -0.15) is 13.2 Å². The Morgan fingerprint density at radius 3 is 1.96 bits per heavy atom. The standard InChI is InChI=1S/C18H21F3O2Si/c1-4-22-24(3,23-5-2)17-11-9-14(10-12-17)15-7-6-8-16(13-15)18(19,20)21/h6-13H,4-5H2,1-3H3. The molecular weight excluding hydrogens is 333 g/mol. The predicted molar refractivity (Wildman–Crippen MR) is 91.4 cm³/mol. The fourth-order valence-electron chi connectivity index (χ4n) is 2.60. The quantitative estimate of drug-likeness (QED) is 0.699. The third kappa shape index (κ3) is 4.26. The van der Waals surface area contributed by atoms with Gasteiger partial charge < -0.3 is 8.85 Å². The maximum absolute atomic E-state index is 12.8. The van der Waals surface area contributed by atoms with E-state index >= 15 is 0 Å². The summed E-state index contributed by atoms with van der Waals surface area (Å²) in [5.41, 5.74) is 0.619. The Morgan fingerprint density at radius 2 is 1.46 bits per heavy atom. The molecule has 0 spiro atoms. The number of benzene rings is 2. The molecule has 0 atom stereocenters. The minimum Gasteiger partial charge on any atom is -0.391 e. The van der Waals surface area contributed by atoms with E-state index in [4.69, 9.17) is 8.85 Å². The molecule has 2 aromatic rings. The zero-order valence-electron chi connectivity index (χ0n) is 14.0. The van der Waals surface area contributed by atoms with E-state index in [0.717, 1.165) is 22.9 Å². The smallest absolute Gasteiger partial charge is 0.391 e. The zero-order valence-corrected chi connectivity index (χ0v) is 15.0. The summed E-state index contributed by atoms with van der Waals surface area (Å²) >= 11 is 0. The van der Waals surface area contributed by atoms with E-state index in [1.54, 1.807) is 6.07 Å². The van der Waals surface area contributed by atoms with E-state index in [0.29, 0.717) is 18.8 Å². The number of hydrogen-bond acceptors (Lipinski definition) is 2. The Morgan fingerprint density at radius 1 is 0.875 bits per heavy atom. The van der Waals surface area contributed by atoms with Crippen molar-refractivity contribution >= 4 is 13.7 Å². The monoisotopic (exact) mass is 354 g/mol. The van der Waals surface area contributed by atoms with Gasteiger partial charge in [0.05, 0.1) is 5.56 Å². The second-order valence-electron chi connectivity index (χ2n) is 5.47. The summed E-state index contributed by atoms with van der Waals surface area (Å²) in [6, 6.07) is 12.7. The molecule has 2 aromatic carbocycles. The van der Waals surface area contributed by atoms with Crippen molar-refractivity contribution in [2.75, 3.05) is 13.2 Å². The van der Waals surface area contributed by atoms with Crippen LogP contribution in [0.2, 0.25) is 6.55 Å². The first-order valence-electron chi connectivity index (χ1n) is 7.86. The summed E-state index contributed by atoms with van der Waals surface area (Å²) in [6.45, 7) is 6.91. The summed E-state index contributed by atoms with van der Waals surface area (Å²) in [7, 11) is -2.47. The van der Waals surface area contributed by atoms with Gasteiger partial charge in [-0.25, -0.2) is 0 Å². The minimum atomic E-state index is -4.34. The van der Waals surface area contributed by atoms with Gasteiger partial charge in [0.25, 0.3) is 0 Å². The zero-order chi connectivity index (χ0) is 17.8. The number of hydrogen-bond donors (Lipinski definition) is 0. The molecule has 0 aliphatic heterocycles. The van der Waals surface area contributed by atoms with Crippen LogP contribution in [0.1, 0.15) is 19.4 Å². The fraction of sp³-hybridized carbons (Fsp3) is 0.333. The van der Waals surface area contributed by atoms with Crippen LogP contribution < -0.4 is 5.19 Å². The molecule has 6 heteroatoms. The van der Waals surface area contributed by atoms with Gasteiger partial charge >= 0.3 is 14.7 Å². The maximum atomic E-state index is 12.8. The van der Waals surface area contributed by atoms with Crippen LogP contribution in [-0.4, -0.2) is 21.8 Å². The molecule has 24 heavy (non-hydrogen) atoms. The first-order valence-corrected chi connectivity index (χ1v) is 10.2. The highest BCUT2D eigenvalue weighted by molar-refractivity contribution is 6.79. The molecule has 2 nitrogen and oxygen atoms in total. The fourth-order valence-corrected chi connectivity index (χ4v) is 4.89. The van der Waals surface area contributed by atoms with Crippen LogP contribution in [0, 0.1) is 0 Å². The van der Waals surface area contributed by atoms with E-state index in [1.807, 2.05) is 44.7 Å². The average Bonchev–Trinajstić information content (AvgIpc) is 2.55. The summed E-state index contributed by atoms with van der Waals surface area (Å²) in [6.07, 6.45) is -4.34. The summed E-state index contributed by atoms with van der Waals surface area (Å²) in [4.78, 5) is 0. The molecule has 0 aliphatic rings. The number of rotatable bonds is 6. The average molecular weight is 354 g/mol. The number of halogens is 3. The van der Waals surface area contributed by atoms with E-state index in [9.17, 15) is 13.2 Å². The van der Waals surface area contributed by atoms with E-state index in [2.05, 4.69) is 0 Å². The van der Waals surface area contributed by atoms with Crippen LogP contribution in [0.25, 0.3) is 11.1 Å². The molecule has 0 aliphatic carbocycles. The first kappa shape index (κ1) is 18.7. The van der Waals surface area contributed by atoms with Gasteiger partial charge in [0.15, 0.2) is 0 Å². The molecule has 0 saturated heterocycles. The second kappa shape index (κ2) is 7.50. The Bertz CT molecular complexity index is 663. The van der Waals surface area contributed by atoms with Gasteiger partial charge in [0.1, 0.15) is 0 Å². The van der Waals surface area contributed by atoms with Crippen molar-refractivity contribution in [3.63, 3.8) is 0 Å². The van der Waals surface area contributed by atoms with Crippen molar-refractivity contribution in [3.8, 4) is 11.1 Å². The van der Waals surface area contributed by atoms with Crippen LogP contribution in [0.4, 0.5) is 13.2 Å². The second-order valence-corrected chi connectivity index (χ2v) is 8.51. The largest absolute Gasteiger partial charge is 0.416 e. The lowest BCUT2D eigenvalue weighted by Gasteiger charge is -2.26. The van der Waals surface area contributed by atoms with Gasteiger partial charge in [-0.3, -0.25) is 0 Å². The van der Waals surface area contributed by atoms with E-state index in [1.165, 1.54) is 6.07 Å². The number of alkyl halides is 3. The highest BCUT2D eigenvalue weighted by atomic mass is 28.4. The van der Waals surface area contributed by atoms with Crippen LogP contribution in [0.3, 0.4) is 0 Å². The van der Waals surface area contributed by atoms with Crippen molar-refractivity contribution in [3.05, 3.63) is 54.1 Å². The van der Waals surface area contributed by atoms with Crippen molar-refractivity contribution in [2.24, 2.45) is 0 Å². The van der Waals surface area contributed by atoms with Crippen molar-refractivity contribution in [2.45, 2.75) is 26.6 Å². The normalized spacial score (nSPS) is 12.4. The molecule has 0 heterocycles. The Kier molecular flexibility index (Phi) is 5.85. The lowest BCUT2D eigenvalue weighted by Crippen LogP contribution is -2.51. The van der Waals surface area contributed by atoms with Crippen molar-refractivity contribution in [1.29, 1.82) is 0 Å². The molecule has 2 rings (SSSR count). The topological polar surface area (TPSA) is 18.5 Å². The Hall–Kier alpha value is -1.63. The molecule has 0 bridgehead atoms. The molecule has 0 N–H and O–H groups in total. The molecular formula is C18H21F3O2Si. The van der Waals surface area contributed by atoms with Gasteiger partial charge in [-0.15, -0.1) is 0 Å². The predicted octanol–water partition coefficient (Wildman–Crippen LogP) is 4.72. The lowest BCUT2D eigenvalue weighted by atomic mass is 10.0.